The van der Waals surface area contributed by atoms with Gasteiger partial charge in [0.1, 0.15) is 54.2 Å². The first kappa shape index (κ1) is 63.1. The lowest BCUT2D eigenvalue weighted by Crippen LogP contribution is -2.69. The number of hydrogen-bond donors (Lipinski definition) is 11. The van der Waals surface area contributed by atoms with Gasteiger partial charge in [-0.25, -0.2) is 0 Å². The third kappa shape index (κ3) is 11.5. The maximum atomic E-state index is 15.7. The Bertz CT molecular complexity index is 2450. The van der Waals surface area contributed by atoms with Crippen LogP contribution in [0.3, 0.4) is 0 Å². The highest BCUT2D eigenvalue weighted by atomic mass is 127. The molecule has 456 valence electrons. The van der Waals surface area contributed by atoms with Crippen molar-refractivity contribution in [1.82, 2.24) is 10.6 Å². The van der Waals surface area contributed by atoms with E-state index in [0.29, 0.717) is 50.1 Å². The summed E-state index contributed by atoms with van der Waals surface area (Å²) in [6.45, 7) is 16.5. The molecule has 11 N–H and O–H groups in total. The normalized spacial score (nSPS) is 45.4. The molecule has 20 nitrogen and oxygen atoms in total. The van der Waals surface area contributed by atoms with Crippen molar-refractivity contribution in [2.75, 3.05) is 19.8 Å². The van der Waals surface area contributed by atoms with Gasteiger partial charge in [0, 0.05) is 22.1 Å². The van der Waals surface area contributed by atoms with Crippen LogP contribution in [0.5, 0.6) is 0 Å². The topological polar surface area (TPSA) is 313 Å². The van der Waals surface area contributed by atoms with E-state index < -0.39 is 134 Å². The van der Waals surface area contributed by atoms with E-state index in [-0.39, 0.29) is 58.9 Å². The van der Waals surface area contributed by atoms with E-state index in [4.69, 9.17) is 28.4 Å². The summed E-state index contributed by atoms with van der Waals surface area (Å²) in [6, 6.07) is 5.80. The van der Waals surface area contributed by atoms with Gasteiger partial charge in [0.25, 0.3) is 5.91 Å². The van der Waals surface area contributed by atoms with Crippen LogP contribution < -0.4 is 10.6 Å². The lowest BCUT2D eigenvalue weighted by molar-refractivity contribution is -0.370. The van der Waals surface area contributed by atoms with Gasteiger partial charge >= 0.3 is 5.97 Å². The number of ether oxygens (including phenoxy) is 6. The number of rotatable bonds is 15. The number of unbranched alkanes of at least 4 members (excludes halogenated alkanes) is 2. The van der Waals surface area contributed by atoms with Crippen molar-refractivity contribution in [3.8, 4) is 0 Å². The van der Waals surface area contributed by atoms with Gasteiger partial charge in [0.2, 0.25) is 12.2 Å². The van der Waals surface area contributed by atoms with E-state index in [9.17, 15) is 55.5 Å². The third-order valence-electron chi connectivity index (χ3n) is 21.7. The minimum atomic E-state index is -1.94. The zero-order chi connectivity index (χ0) is 58.9. The van der Waals surface area contributed by atoms with E-state index in [2.05, 4.69) is 87.8 Å². The highest BCUT2D eigenvalue weighted by molar-refractivity contribution is 14.1. The highest BCUT2D eigenvalue weighted by Gasteiger charge is 2.72. The first-order valence-electron chi connectivity index (χ1n) is 29.6. The summed E-state index contributed by atoms with van der Waals surface area (Å²) in [4.78, 5) is 42.0. The zero-order valence-corrected chi connectivity index (χ0v) is 50.4. The molecule has 0 radical (unpaired) electrons. The van der Waals surface area contributed by atoms with Crippen molar-refractivity contribution >= 4 is 40.4 Å². The maximum Gasteiger partial charge on any atom is 0.317 e. The second kappa shape index (κ2) is 24.0. The lowest BCUT2D eigenvalue weighted by atomic mass is 9.33. The number of halogens is 1. The molecular formula is C60H91IN2O18. The molecule has 1 aromatic carbocycles. The Kier molecular flexibility index (Phi) is 18.7. The lowest BCUT2D eigenvalue weighted by Gasteiger charge is -2.71. The largest absolute Gasteiger partial charge is 0.432 e. The van der Waals surface area contributed by atoms with E-state index >= 15 is 4.79 Å². The van der Waals surface area contributed by atoms with Gasteiger partial charge in [-0.15, -0.1) is 0 Å². The molecular weight excluding hydrogens is 1160 g/mol. The summed E-state index contributed by atoms with van der Waals surface area (Å²) in [7, 11) is 0. The van der Waals surface area contributed by atoms with Gasteiger partial charge in [-0.2, -0.15) is 0 Å². The number of hydrogen-bond acceptors (Lipinski definition) is 18. The van der Waals surface area contributed by atoms with Crippen molar-refractivity contribution < 1.29 is 88.8 Å². The minimum absolute atomic E-state index is 0.00500. The second-order valence-corrected chi connectivity index (χ2v) is 28.5. The number of carbonyl (C=O) groups is 3. The van der Waals surface area contributed by atoms with Crippen LogP contribution in [0.25, 0.3) is 0 Å². The predicted octanol–water partition coefficient (Wildman–Crippen LogP) is 3.50. The van der Waals surface area contributed by atoms with Crippen molar-refractivity contribution in [3.63, 3.8) is 0 Å². The Morgan fingerprint density at radius 2 is 1.42 bits per heavy atom. The molecule has 1 aromatic rings. The summed E-state index contributed by atoms with van der Waals surface area (Å²) < 4.78 is 37.5. The number of carbonyl (C=O) groups excluding carboxylic acids is 3. The van der Waals surface area contributed by atoms with Crippen LogP contribution in [-0.2, 0) is 38.0 Å². The fourth-order valence-corrected chi connectivity index (χ4v) is 17.0. The maximum absolute atomic E-state index is 15.7. The zero-order valence-electron chi connectivity index (χ0n) is 48.2. The number of fused-ring (bicyclic) bond motifs is 7. The molecule has 9 rings (SSSR count). The Hall–Kier alpha value is -2.46. The molecule has 0 aromatic heterocycles. The van der Waals surface area contributed by atoms with Gasteiger partial charge in [0.15, 0.2) is 18.7 Å². The van der Waals surface area contributed by atoms with Gasteiger partial charge < -0.3 is 85.0 Å². The van der Waals surface area contributed by atoms with Crippen molar-refractivity contribution in [1.29, 1.82) is 0 Å². The van der Waals surface area contributed by atoms with Crippen molar-refractivity contribution in [2.24, 2.45) is 50.2 Å². The molecule has 21 heteroatoms. The standard InChI is InChI=1S/C60H91IN2O18/c1-30-48(79-51-46(72)43(69)35(65)29-76-51)45(71)47(73)52(77-30)80-49-44(70)42(63-41(68)12-10-9-11-25-62-50(74)31-13-15-32(61)16-14-31)36(28-64)78-53(49)81-54(75)60-24-23-55(2,3)26-34(60)33-17-18-38-57(6)21-20-39(66)56(4,5)37(57)19-22-58(38,7)59(33,8)27-40(60)67/h13-17,30,34-40,42-49,51-53,64-67,69-73H,9-12,18-29H2,1-8H3,(H,62,74)(H,63,68)/t30-,34?,35-,36-,37?,38?,39+,40-,42+,43?,44?,45?,46?,47?,48+,49?,51+,52+,53+,57?,58-,59-,60-/m1/s1. The number of esters is 1. The van der Waals surface area contributed by atoms with E-state index in [0.717, 1.165) is 41.2 Å². The predicted molar refractivity (Wildman–Crippen MR) is 300 cm³/mol. The Morgan fingerprint density at radius 1 is 0.728 bits per heavy atom. The Labute approximate surface area is 489 Å². The first-order chi connectivity index (χ1) is 38.0. The average molecular weight is 1260 g/mol. The number of aliphatic hydroxyl groups excluding tert-OH is 9. The monoisotopic (exact) mass is 1250 g/mol. The van der Waals surface area contributed by atoms with Crippen LogP contribution in [0.4, 0.5) is 0 Å². The summed E-state index contributed by atoms with van der Waals surface area (Å²) in [5, 5.41) is 107. The van der Waals surface area contributed by atoms with E-state index in [1.165, 1.54) is 6.92 Å². The smallest absolute Gasteiger partial charge is 0.317 e. The number of benzene rings is 1. The first-order valence-corrected chi connectivity index (χ1v) is 30.7. The van der Waals surface area contributed by atoms with Crippen LogP contribution in [0.15, 0.2) is 35.9 Å². The van der Waals surface area contributed by atoms with Crippen LogP contribution in [0, 0.1) is 53.8 Å². The molecule has 4 saturated carbocycles. The van der Waals surface area contributed by atoms with Gasteiger partial charge in [0.05, 0.1) is 37.6 Å². The van der Waals surface area contributed by atoms with Crippen LogP contribution >= 0.6 is 22.6 Å². The van der Waals surface area contributed by atoms with Crippen LogP contribution in [0.1, 0.15) is 149 Å². The fraction of sp³-hybridized carbons (Fsp3) is 0.817. The van der Waals surface area contributed by atoms with E-state index in [1.54, 1.807) is 12.1 Å². The molecule has 81 heavy (non-hydrogen) atoms. The molecule has 3 aliphatic heterocycles. The fourth-order valence-electron chi connectivity index (χ4n) is 16.7. The van der Waals surface area contributed by atoms with Crippen LogP contribution in [-0.4, -0.2) is 182 Å². The van der Waals surface area contributed by atoms with Gasteiger partial charge in [-0.3, -0.25) is 14.4 Å². The number of aliphatic hydroxyl groups is 9. The number of nitrogens with one attached hydrogen (secondary N) is 2. The summed E-state index contributed by atoms with van der Waals surface area (Å²) >= 11 is 2.17. The second-order valence-electron chi connectivity index (χ2n) is 27.3. The van der Waals surface area contributed by atoms with E-state index in [1.807, 2.05) is 12.1 Å². The molecule has 5 aliphatic carbocycles. The average Bonchev–Trinajstić information content (AvgIpc) is 1.41. The summed E-state index contributed by atoms with van der Waals surface area (Å²) in [6.07, 6.45) is -12.9. The highest BCUT2D eigenvalue weighted by Crippen LogP contribution is 2.76. The van der Waals surface area contributed by atoms with Crippen molar-refractivity contribution in [2.45, 2.75) is 237 Å². The van der Waals surface area contributed by atoms with Crippen LogP contribution in [0.2, 0.25) is 0 Å². The molecule has 10 unspecified atom stereocenters. The van der Waals surface area contributed by atoms with Gasteiger partial charge in [-0.05, 0) is 169 Å². The van der Waals surface area contributed by atoms with Gasteiger partial charge in [-0.1, -0.05) is 66.5 Å². The van der Waals surface area contributed by atoms with Crippen molar-refractivity contribution in [3.05, 3.63) is 45.0 Å². The summed E-state index contributed by atoms with van der Waals surface area (Å²) in [5.41, 5.74) is -1.17. The Morgan fingerprint density at radius 3 is 2.12 bits per heavy atom. The molecule has 23 atom stereocenters. The molecule has 8 aliphatic rings. The number of allylic oxidation sites excluding steroid dienone is 2. The molecule has 0 spiro atoms. The third-order valence-corrected chi connectivity index (χ3v) is 22.5. The summed E-state index contributed by atoms with van der Waals surface area (Å²) in [5.74, 6) is -1.43. The number of amides is 2. The quantitative estimate of drug-likeness (QED) is 0.0518. The molecule has 0 bridgehead atoms. The Balaban J connectivity index is 0.960. The molecule has 7 fully saturated rings. The molecule has 3 saturated heterocycles. The SMILES string of the molecule is C[C@H]1O[C@@H](OC2C(O)[C@@H](NC(=O)CCCCCNC(=O)c3ccc(I)cc3)[C@@H](CO)O[C@H]2OC(=O)[C@]23CCC(C)(C)CC2C2=CCC4C5(C)CC[C@H](O)C(C)(C)C5CC[C@@]4(C)[C@]2(C)C[C@H]3O)C(O)C(O)[C@H]1O[C@@H]1OC[C@@H](O)C(O)C1O. The molecule has 3 heterocycles. The molecule has 2 amide bonds. The minimum Gasteiger partial charge on any atom is -0.432 e.